The minimum atomic E-state index is -0.562. The van der Waals surface area contributed by atoms with Gasteiger partial charge < -0.3 is 19.4 Å². The van der Waals surface area contributed by atoms with E-state index in [1.54, 1.807) is 18.6 Å². The van der Waals surface area contributed by atoms with Crippen LogP contribution in [0.2, 0.25) is 0 Å². The van der Waals surface area contributed by atoms with Gasteiger partial charge in [0.15, 0.2) is 0 Å². The average molecular weight is 235 g/mol. The number of hydrogen-bond acceptors (Lipinski definition) is 6. The first-order chi connectivity index (χ1) is 8.28. The molecule has 0 aliphatic carbocycles. The summed E-state index contributed by atoms with van der Waals surface area (Å²) in [5, 5.41) is 3.91. The standard InChI is InChI=1S/C11H13N3O3/c12-11(2-5-15-6-3-11)10-13-9(14-17-10)8-1-4-16-7-8/h1,4,7H,2-3,5-6,12H2. The van der Waals surface area contributed by atoms with Gasteiger partial charge in [-0.05, 0) is 18.9 Å². The van der Waals surface area contributed by atoms with Crippen LogP contribution in [0.3, 0.4) is 0 Å². The van der Waals surface area contributed by atoms with Crippen molar-refractivity contribution in [1.82, 2.24) is 10.1 Å². The number of aromatic nitrogens is 2. The second-order valence-corrected chi connectivity index (χ2v) is 4.20. The summed E-state index contributed by atoms with van der Waals surface area (Å²) in [6, 6.07) is 1.78. The number of nitrogens with zero attached hydrogens (tertiary/aromatic N) is 2. The molecule has 17 heavy (non-hydrogen) atoms. The zero-order valence-electron chi connectivity index (χ0n) is 9.26. The Morgan fingerprint density at radius 2 is 2.12 bits per heavy atom. The zero-order chi connectivity index (χ0) is 11.7. The van der Waals surface area contributed by atoms with Crippen LogP contribution in [0.4, 0.5) is 0 Å². The smallest absolute Gasteiger partial charge is 0.247 e. The summed E-state index contributed by atoms with van der Waals surface area (Å²) in [6.07, 6.45) is 4.53. The molecule has 2 aromatic heterocycles. The molecule has 0 radical (unpaired) electrons. The normalized spacial score (nSPS) is 19.4. The van der Waals surface area contributed by atoms with Gasteiger partial charge in [-0.15, -0.1) is 0 Å². The second-order valence-electron chi connectivity index (χ2n) is 4.20. The third kappa shape index (κ3) is 1.85. The van der Waals surface area contributed by atoms with Gasteiger partial charge in [0.05, 0.1) is 11.8 Å². The number of hydrogen-bond donors (Lipinski definition) is 1. The molecule has 1 saturated heterocycles. The lowest BCUT2D eigenvalue weighted by molar-refractivity contribution is 0.0400. The Morgan fingerprint density at radius 1 is 1.29 bits per heavy atom. The second kappa shape index (κ2) is 3.97. The first-order valence-electron chi connectivity index (χ1n) is 5.51. The van der Waals surface area contributed by atoms with E-state index in [-0.39, 0.29) is 0 Å². The fourth-order valence-corrected chi connectivity index (χ4v) is 1.88. The molecule has 6 nitrogen and oxygen atoms in total. The molecule has 0 unspecified atom stereocenters. The van der Waals surface area contributed by atoms with Gasteiger partial charge >= 0.3 is 0 Å². The monoisotopic (exact) mass is 235 g/mol. The molecule has 6 heteroatoms. The highest BCUT2D eigenvalue weighted by molar-refractivity contribution is 5.51. The molecule has 0 atom stereocenters. The number of rotatable bonds is 2. The summed E-state index contributed by atoms with van der Waals surface area (Å²) in [6.45, 7) is 1.25. The summed E-state index contributed by atoms with van der Waals surface area (Å²) in [5.74, 6) is 0.974. The molecule has 0 saturated carbocycles. The Bertz CT molecular complexity index is 486. The fraction of sp³-hybridized carbons (Fsp3) is 0.455. The van der Waals surface area contributed by atoms with Crippen LogP contribution in [0.5, 0.6) is 0 Å². The predicted octanol–water partition coefficient (Wildman–Crippen LogP) is 1.29. The van der Waals surface area contributed by atoms with E-state index in [4.69, 9.17) is 19.4 Å². The molecule has 1 aliphatic heterocycles. The SMILES string of the molecule is NC1(c2nc(-c3ccoc3)no2)CCOCC1. The van der Waals surface area contributed by atoms with Crippen molar-refractivity contribution in [2.24, 2.45) is 5.73 Å². The van der Waals surface area contributed by atoms with E-state index in [9.17, 15) is 0 Å². The first-order valence-corrected chi connectivity index (χ1v) is 5.51. The van der Waals surface area contributed by atoms with Crippen LogP contribution in [0.15, 0.2) is 27.5 Å². The van der Waals surface area contributed by atoms with Gasteiger partial charge in [-0.1, -0.05) is 5.16 Å². The van der Waals surface area contributed by atoms with Crippen LogP contribution >= 0.6 is 0 Å². The van der Waals surface area contributed by atoms with Crippen LogP contribution in [0.1, 0.15) is 18.7 Å². The molecule has 1 aliphatic rings. The summed E-state index contributed by atoms with van der Waals surface area (Å²) in [7, 11) is 0. The topological polar surface area (TPSA) is 87.3 Å². The lowest BCUT2D eigenvalue weighted by Crippen LogP contribution is -2.42. The van der Waals surface area contributed by atoms with E-state index in [1.165, 1.54) is 0 Å². The summed E-state index contributed by atoms with van der Waals surface area (Å²) < 4.78 is 15.5. The minimum absolute atomic E-state index is 0.469. The lowest BCUT2D eigenvalue weighted by Gasteiger charge is -2.29. The molecule has 2 aromatic rings. The van der Waals surface area contributed by atoms with E-state index >= 15 is 0 Å². The molecular formula is C11H13N3O3. The van der Waals surface area contributed by atoms with Crippen LogP contribution < -0.4 is 5.73 Å². The molecular weight excluding hydrogens is 222 g/mol. The maximum Gasteiger partial charge on any atom is 0.247 e. The average Bonchev–Trinajstić information content (AvgIpc) is 3.01. The van der Waals surface area contributed by atoms with Crippen LogP contribution in [-0.2, 0) is 10.3 Å². The molecule has 90 valence electrons. The molecule has 0 bridgehead atoms. The highest BCUT2D eigenvalue weighted by Crippen LogP contribution is 2.29. The highest BCUT2D eigenvalue weighted by Gasteiger charge is 2.35. The Kier molecular flexibility index (Phi) is 2.45. The van der Waals surface area contributed by atoms with Crippen LogP contribution in [0, 0.1) is 0 Å². The minimum Gasteiger partial charge on any atom is -0.472 e. The number of ether oxygens (including phenoxy) is 1. The van der Waals surface area contributed by atoms with Gasteiger partial charge in [0.2, 0.25) is 11.7 Å². The van der Waals surface area contributed by atoms with Crippen molar-refractivity contribution in [2.45, 2.75) is 18.4 Å². The van der Waals surface area contributed by atoms with Gasteiger partial charge in [0, 0.05) is 13.2 Å². The maximum absolute atomic E-state index is 6.25. The maximum atomic E-state index is 6.25. The first kappa shape index (κ1) is 10.5. The van der Waals surface area contributed by atoms with Crippen molar-refractivity contribution in [3.05, 3.63) is 24.5 Å². The van der Waals surface area contributed by atoms with Gasteiger partial charge in [-0.25, -0.2) is 0 Å². The van der Waals surface area contributed by atoms with Crippen molar-refractivity contribution in [2.75, 3.05) is 13.2 Å². The molecule has 2 N–H and O–H groups in total. The molecule has 0 aromatic carbocycles. The Morgan fingerprint density at radius 3 is 2.82 bits per heavy atom. The Hall–Kier alpha value is -1.66. The van der Waals surface area contributed by atoms with Gasteiger partial charge in [-0.3, -0.25) is 0 Å². The van der Waals surface area contributed by atoms with Gasteiger partial charge in [0.25, 0.3) is 0 Å². The van der Waals surface area contributed by atoms with Crippen LogP contribution in [-0.4, -0.2) is 23.4 Å². The van der Waals surface area contributed by atoms with Crippen LogP contribution in [0.25, 0.3) is 11.4 Å². The Labute approximate surface area is 97.7 Å². The largest absolute Gasteiger partial charge is 0.472 e. The number of furan rings is 1. The van der Waals surface area contributed by atoms with Crippen molar-refractivity contribution in [3.63, 3.8) is 0 Å². The van der Waals surface area contributed by atoms with E-state index < -0.39 is 5.54 Å². The van der Waals surface area contributed by atoms with Crippen molar-refractivity contribution in [3.8, 4) is 11.4 Å². The van der Waals surface area contributed by atoms with E-state index in [2.05, 4.69) is 10.1 Å². The van der Waals surface area contributed by atoms with Gasteiger partial charge in [-0.2, -0.15) is 4.98 Å². The third-order valence-electron chi connectivity index (χ3n) is 3.02. The van der Waals surface area contributed by atoms with Crippen molar-refractivity contribution < 1.29 is 13.7 Å². The van der Waals surface area contributed by atoms with Crippen molar-refractivity contribution in [1.29, 1.82) is 0 Å². The summed E-state index contributed by atoms with van der Waals surface area (Å²) >= 11 is 0. The third-order valence-corrected chi connectivity index (χ3v) is 3.02. The summed E-state index contributed by atoms with van der Waals surface area (Å²) in [5.41, 5.74) is 6.47. The van der Waals surface area contributed by atoms with E-state index in [0.717, 1.165) is 5.56 Å². The fourth-order valence-electron chi connectivity index (χ4n) is 1.88. The molecule has 3 rings (SSSR count). The molecule has 0 spiro atoms. The molecule has 0 amide bonds. The molecule has 1 fully saturated rings. The van der Waals surface area contributed by atoms with Crippen molar-refractivity contribution >= 4 is 0 Å². The Balaban J connectivity index is 1.89. The molecule has 3 heterocycles. The zero-order valence-corrected chi connectivity index (χ0v) is 9.26. The lowest BCUT2D eigenvalue weighted by atomic mass is 9.91. The van der Waals surface area contributed by atoms with E-state index in [1.807, 2.05) is 0 Å². The number of nitrogens with two attached hydrogens (primary N) is 1. The highest BCUT2D eigenvalue weighted by atomic mass is 16.5. The quantitative estimate of drug-likeness (QED) is 0.844. The van der Waals surface area contributed by atoms with Gasteiger partial charge in [0.1, 0.15) is 11.8 Å². The summed E-state index contributed by atoms with van der Waals surface area (Å²) in [4.78, 5) is 4.33. The predicted molar refractivity (Wildman–Crippen MR) is 57.9 cm³/mol. The van der Waals surface area contributed by atoms with E-state index in [0.29, 0.717) is 37.8 Å².